The van der Waals surface area contributed by atoms with E-state index in [9.17, 15) is 18.0 Å². The molecule has 3 aromatic rings. The van der Waals surface area contributed by atoms with E-state index < -0.39 is 11.7 Å². The van der Waals surface area contributed by atoms with Crippen molar-refractivity contribution >= 4 is 5.91 Å². The highest BCUT2D eigenvalue weighted by atomic mass is 19.4. The molecule has 9 heteroatoms. The minimum atomic E-state index is -4.46. The third kappa shape index (κ3) is 4.21. The predicted molar refractivity (Wildman–Crippen MR) is 107 cm³/mol. The highest BCUT2D eigenvalue weighted by molar-refractivity contribution is 5.95. The third-order valence-electron chi connectivity index (χ3n) is 5.09. The van der Waals surface area contributed by atoms with Crippen LogP contribution in [-0.4, -0.2) is 28.9 Å². The SMILES string of the molecule is Cc1c(C(=O)NC(C)c2ccc3c(c2)OCCO3)cnn1-c1cccc(C(F)(F)F)c1. The van der Waals surface area contributed by atoms with Gasteiger partial charge in [-0.15, -0.1) is 0 Å². The number of nitrogens with zero attached hydrogens (tertiary/aromatic N) is 2. The molecule has 2 aromatic carbocycles. The number of alkyl halides is 3. The highest BCUT2D eigenvalue weighted by Crippen LogP contribution is 2.33. The number of benzene rings is 2. The second-order valence-electron chi connectivity index (χ2n) is 7.20. The molecule has 1 aliphatic heterocycles. The van der Waals surface area contributed by atoms with Crippen molar-refractivity contribution in [3.8, 4) is 17.2 Å². The van der Waals surface area contributed by atoms with Crippen molar-refractivity contribution < 1.29 is 27.4 Å². The summed E-state index contributed by atoms with van der Waals surface area (Å²) in [7, 11) is 0. The molecule has 0 saturated heterocycles. The van der Waals surface area contributed by atoms with Gasteiger partial charge < -0.3 is 14.8 Å². The molecule has 0 radical (unpaired) electrons. The summed E-state index contributed by atoms with van der Waals surface area (Å²) < 4.78 is 51.5. The molecule has 0 saturated carbocycles. The van der Waals surface area contributed by atoms with Crippen molar-refractivity contribution in [3.05, 3.63) is 71.0 Å². The van der Waals surface area contributed by atoms with Gasteiger partial charge >= 0.3 is 6.18 Å². The molecule has 0 fully saturated rings. The number of amides is 1. The van der Waals surface area contributed by atoms with E-state index in [0.29, 0.717) is 30.4 Å². The molecule has 0 aliphatic carbocycles. The Morgan fingerprint density at radius 1 is 1.13 bits per heavy atom. The van der Waals surface area contributed by atoms with Gasteiger partial charge in [0.25, 0.3) is 5.91 Å². The second kappa shape index (κ2) is 7.98. The zero-order chi connectivity index (χ0) is 22.2. The van der Waals surface area contributed by atoms with E-state index in [1.807, 2.05) is 19.1 Å². The van der Waals surface area contributed by atoms with Crippen LogP contribution in [0.2, 0.25) is 0 Å². The Kier molecular flexibility index (Phi) is 5.34. The van der Waals surface area contributed by atoms with Gasteiger partial charge in [0.1, 0.15) is 13.2 Å². The number of nitrogens with one attached hydrogen (secondary N) is 1. The van der Waals surface area contributed by atoms with E-state index in [1.165, 1.54) is 23.0 Å². The first-order valence-electron chi connectivity index (χ1n) is 9.66. The topological polar surface area (TPSA) is 65.4 Å². The fraction of sp³-hybridized carbons (Fsp3) is 0.273. The minimum absolute atomic E-state index is 0.228. The minimum Gasteiger partial charge on any atom is -0.486 e. The number of hydrogen-bond acceptors (Lipinski definition) is 4. The molecular formula is C22H20F3N3O3. The molecule has 1 aliphatic rings. The van der Waals surface area contributed by atoms with Crippen LogP contribution in [0.1, 0.15) is 40.1 Å². The van der Waals surface area contributed by atoms with Gasteiger partial charge in [-0.2, -0.15) is 18.3 Å². The van der Waals surface area contributed by atoms with Gasteiger partial charge in [-0.3, -0.25) is 4.79 Å². The average Bonchev–Trinajstić information content (AvgIpc) is 3.14. The van der Waals surface area contributed by atoms with Gasteiger partial charge in [0.15, 0.2) is 11.5 Å². The van der Waals surface area contributed by atoms with Crippen LogP contribution in [0.5, 0.6) is 11.5 Å². The number of halogens is 3. The van der Waals surface area contributed by atoms with Crippen LogP contribution in [0, 0.1) is 6.92 Å². The zero-order valence-corrected chi connectivity index (χ0v) is 16.9. The van der Waals surface area contributed by atoms with Gasteiger partial charge in [0, 0.05) is 0 Å². The maximum Gasteiger partial charge on any atom is 0.416 e. The maximum atomic E-state index is 13.0. The lowest BCUT2D eigenvalue weighted by Gasteiger charge is -2.21. The number of carbonyl (C=O) groups excluding carboxylic acids is 1. The van der Waals surface area contributed by atoms with Crippen molar-refractivity contribution in [1.82, 2.24) is 15.1 Å². The van der Waals surface area contributed by atoms with Crippen LogP contribution in [0.15, 0.2) is 48.7 Å². The smallest absolute Gasteiger partial charge is 0.416 e. The Balaban J connectivity index is 1.53. The lowest BCUT2D eigenvalue weighted by atomic mass is 10.1. The number of rotatable bonds is 4. The summed E-state index contributed by atoms with van der Waals surface area (Å²) in [6, 6.07) is 9.93. The largest absolute Gasteiger partial charge is 0.486 e. The molecule has 1 N–H and O–H groups in total. The van der Waals surface area contributed by atoms with Gasteiger partial charge in [0.2, 0.25) is 0 Å². The van der Waals surface area contributed by atoms with E-state index >= 15 is 0 Å². The molecule has 0 bridgehead atoms. The first kappa shape index (κ1) is 20.8. The Hall–Kier alpha value is -3.49. The molecule has 1 amide bonds. The van der Waals surface area contributed by atoms with Gasteiger partial charge in [-0.1, -0.05) is 12.1 Å². The Bertz CT molecular complexity index is 1120. The van der Waals surface area contributed by atoms with Gasteiger partial charge in [-0.05, 0) is 49.7 Å². The molecule has 0 spiro atoms. The number of carbonyl (C=O) groups is 1. The van der Waals surface area contributed by atoms with Crippen molar-refractivity contribution in [1.29, 1.82) is 0 Å². The number of ether oxygens (including phenoxy) is 2. The molecule has 1 unspecified atom stereocenters. The number of hydrogen-bond donors (Lipinski definition) is 1. The van der Waals surface area contributed by atoms with E-state index in [0.717, 1.165) is 17.7 Å². The molecule has 2 heterocycles. The Labute approximate surface area is 176 Å². The zero-order valence-electron chi connectivity index (χ0n) is 16.9. The summed E-state index contributed by atoms with van der Waals surface area (Å²) in [5, 5.41) is 7.01. The summed E-state index contributed by atoms with van der Waals surface area (Å²) >= 11 is 0. The molecule has 31 heavy (non-hydrogen) atoms. The predicted octanol–water partition coefficient (Wildman–Crippen LogP) is 4.46. The van der Waals surface area contributed by atoms with E-state index in [2.05, 4.69) is 10.4 Å². The van der Waals surface area contributed by atoms with Crippen LogP contribution in [-0.2, 0) is 6.18 Å². The average molecular weight is 431 g/mol. The van der Waals surface area contributed by atoms with E-state index in [-0.39, 0.29) is 23.2 Å². The van der Waals surface area contributed by atoms with Crippen molar-refractivity contribution in [2.24, 2.45) is 0 Å². The Morgan fingerprint density at radius 3 is 2.61 bits per heavy atom. The van der Waals surface area contributed by atoms with Crippen LogP contribution in [0.3, 0.4) is 0 Å². The summed E-state index contributed by atoms with van der Waals surface area (Å²) in [4.78, 5) is 12.8. The number of fused-ring (bicyclic) bond motifs is 1. The molecule has 1 aromatic heterocycles. The summed E-state index contributed by atoms with van der Waals surface area (Å²) in [5.41, 5.74) is 0.998. The summed E-state index contributed by atoms with van der Waals surface area (Å²) in [6.07, 6.45) is -3.11. The lowest BCUT2D eigenvalue weighted by Crippen LogP contribution is -2.27. The maximum absolute atomic E-state index is 13.0. The quantitative estimate of drug-likeness (QED) is 0.663. The van der Waals surface area contributed by atoms with Crippen LogP contribution in [0.4, 0.5) is 13.2 Å². The molecule has 162 valence electrons. The third-order valence-corrected chi connectivity index (χ3v) is 5.09. The highest BCUT2D eigenvalue weighted by Gasteiger charge is 2.31. The standard InChI is InChI=1S/C22H20F3N3O3/c1-13(15-6-7-19-20(10-15)31-9-8-30-19)27-21(29)18-12-26-28(14(18)2)17-5-3-4-16(11-17)22(23,24)25/h3-7,10-13H,8-9H2,1-2H3,(H,27,29). The Morgan fingerprint density at radius 2 is 1.87 bits per heavy atom. The van der Waals surface area contributed by atoms with E-state index in [1.54, 1.807) is 13.0 Å². The fourth-order valence-electron chi connectivity index (χ4n) is 3.39. The van der Waals surface area contributed by atoms with Crippen molar-refractivity contribution in [2.75, 3.05) is 13.2 Å². The van der Waals surface area contributed by atoms with Crippen LogP contribution >= 0.6 is 0 Å². The molecule has 6 nitrogen and oxygen atoms in total. The van der Waals surface area contributed by atoms with Gasteiger partial charge in [-0.25, -0.2) is 4.68 Å². The van der Waals surface area contributed by atoms with Gasteiger partial charge in [0.05, 0.1) is 34.7 Å². The van der Waals surface area contributed by atoms with Crippen molar-refractivity contribution in [3.63, 3.8) is 0 Å². The number of aromatic nitrogens is 2. The molecule has 4 rings (SSSR count). The molecular weight excluding hydrogens is 411 g/mol. The fourth-order valence-corrected chi connectivity index (χ4v) is 3.39. The first-order chi connectivity index (χ1) is 14.7. The van der Waals surface area contributed by atoms with Crippen LogP contribution in [0.25, 0.3) is 5.69 Å². The van der Waals surface area contributed by atoms with Crippen LogP contribution < -0.4 is 14.8 Å². The molecule has 1 atom stereocenters. The van der Waals surface area contributed by atoms with Crippen molar-refractivity contribution in [2.45, 2.75) is 26.1 Å². The monoisotopic (exact) mass is 431 g/mol. The first-order valence-corrected chi connectivity index (χ1v) is 9.66. The summed E-state index contributed by atoms with van der Waals surface area (Å²) in [6.45, 7) is 4.42. The normalized spacial score (nSPS) is 14.2. The second-order valence-corrected chi connectivity index (χ2v) is 7.20. The lowest BCUT2D eigenvalue weighted by molar-refractivity contribution is -0.137. The van der Waals surface area contributed by atoms with E-state index in [4.69, 9.17) is 9.47 Å². The summed E-state index contributed by atoms with van der Waals surface area (Å²) in [5.74, 6) is 0.906.